The first-order valence-corrected chi connectivity index (χ1v) is 6.43. The molecule has 0 aliphatic carbocycles. The van der Waals surface area contributed by atoms with Crippen molar-refractivity contribution in [2.24, 2.45) is 0 Å². The van der Waals surface area contributed by atoms with Crippen molar-refractivity contribution in [2.75, 3.05) is 6.16 Å². The van der Waals surface area contributed by atoms with Gasteiger partial charge in [-0.2, -0.15) is 9.79 Å². The van der Waals surface area contributed by atoms with E-state index in [0.717, 1.165) is 0 Å². The Hall–Kier alpha value is -0.630. The Kier molecular flexibility index (Phi) is 4.33. The van der Waals surface area contributed by atoms with Crippen molar-refractivity contribution in [2.45, 2.75) is 0 Å². The lowest BCUT2D eigenvalue weighted by molar-refractivity contribution is -0.167. The Labute approximate surface area is 83.3 Å². The number of rotatable bonds is 3. The highest BCUT2D eigenvalue weighted by Crippen LogP contribution is 2.22. The molecule has 1 aromatic rings. The molecule has 74 valence electrons. The van der Waals surface area contributed by atoms with Crippen LogP contribution in [-0.4, -0.2) is 21.2 Å². The van der Waals surface area contributed by atoms with E-state index in [-0.39, 0.29) is 11.5 Å². The molecule has 2 N–H and O–H groups in total. The molecule has 0 aliphatic rings. The van der Waals surface area contributed by atoms with Crippen LogP contribution in [0.1, 0.15) is 5.56 Å². The van der Waals surface area contributed by atoms with E-state index in [2.05, 4.69) is 0 Å². The van der Waals surface area contributed by atoms with E-state index in [1.165, 1.54) is 0 Å². The summed E-state index contributed by atoms with van der Waals surface area (Å²) in [6, 6.07) is 8.46. The van der Waals surface area contributed by atoms with Crippen LogP contribution in [0.3, 0.4) is 0 Å². The van der Waals surface area contributed by atoms with Crippen LogP contribution in [0.5, 0.6) is 0 Å². The molecule has 0 spiro atoms. The lowest BCUT2D eigenvalue weighted by atomic mass is 10.2. The molecule has 0 radical (unpaired) electrons. The van der Waals surface area contributed by atoms with Gasteiger partial charge in [0.05, 0.1) is 0 Å². The third-order valence-electron chi connectivity index (χ3n) is 1.62. The summed E-state index contributed by atoms with van der Waals surface area (Å²) in [5.74, 6) is 0. The first kappa shape index (κ1) is 11.4. The third-order valence-corrected chi connectivity index (χ3v) is 3.34. The van der Waals surface area contributed by atoms with Crippen LogP contribution in [0.15, 0.2) is 30.3 Å². The molecule has 6 heteroatoms. The zero-order chi connectivity index (χ0) is 10.6. The average molecular weight is 231 g/mol. The smallest absolute Gasteiger partial charge is 0.514 e. The van der Waals surface area contributed by atoms with E-state index in [1.807, 2.05) is 0 Å². The van der Waals surface area contributed by atoms with Gasteiger partial charge in [0.15, 0.2) is 0 Å². The molecule has 2 atom stereocenters. The lowest BCUT2D eigenvalue weighted by Gasteiger charge is -1.96. The first-order chi connectivity index (χ1) is 6.61. The molecule has 4 nitrogen and oxygen atoms in total. The summed E-state index contributed by atoms with van der Waals surface area (Å²) in [5.41, 5.74) is 0.536. The van der Waals surface area contributed by atoms with E-state index >= 15 is 0 Å². The quantitative estimate of drug-likeness (QED) is 0.746. The van der Waals surface area contributed by atoms with Gasteiger partial charge in [-0.05, 0) is 4.57 Å². The lowest BCUT2D eigenvalue weighted by Crippen LogP contribution is -2.07. The van der Waals surface area contributed by atoms with Gasteiger partial charge in [-0.3, -0.25) is 0 Å². The minimum Gasteiger partial charge on any atom is -0.603 e. The molecular formula is C8H9O4P2+. The van der Waals surface area contributed by atoms with Crippen LogP contribution >= 0.6 is 16.0 Å². The molecule has 1 aromatic carbocycles. The number of hydrogen-bond donors (Lipinski definition) is 2. The fraction of sp³-hybridized carbons (Fsp3) is 0.125. The van der Waals surface area contributed by atoms with Gasteiger partial charge in [0.25, 0.3) is 0 Å². The molecule has 0 heterocycles. The number of benzene rings is 1. The van der Waals surface area contributed by atoms with Gasteiger partial charge in [-0.15, -0.1) is 0 Å². The van der Waals surface area contributed by atoms with Gasteiger partial charge in [0, 0.05) is 5.56 Å². The van der Waals surface area contributed by atoms with E-state index < -0.39 is 16.0 Å². The molecule has 2 unspecified atom stereocenters. The fourth-order valence-corrected chi connectivity index (χ4v) is 2.68. The van der Waals surface area contributed by atoms with Crippen LogP contribution in [0.25, 0.3) is 0 Å². The highest BCUT2D eigenvalue weighted by atomic mass is 31.1. The monoisotopic (exact) mass is 231 g/mol. The van der Waals surface area contributed by atoms with Crippen LogP contribution in [0, 0.1) is 0 Å². The predicted octanol–water partition coefficient (Wildman–Crippen LogP) is 0.606. The summed E-state index contributed by atoms with van der Waals surface area (Å²) in [4.78, 5) is 28.5. The summed E-state index contributed by atoms with van der Waals surface area (Å²) in [5, 5.41) is 0.115. The SMILES string of the molecule is O=[P+](O)CC(c1ccccc1)=[P+]([O-])O. The summed E-state index contributed by atoms with van der Waals surface area (Å²) >= 11 is 0. The van der Waals surface area contributed by atoms with Gasteiger partial charge in [0.1, 0.15) is 0 Å². The Bertz CT molecular complexity index is 357. The predicted molar refractivity (Wildman–Crippen MR) is 54.4 cm³/mol. The van der Waals surface area contributed by atoms with E-state index in [9.17, 15) is 9.46 Å². The van der Waals surface area contributed by atoms with Gasteiger partial charge in [-0.25, -0.2) is 0 Å². The van der Waals surface area contributed by atoms with Gasteiger partial charge >= 0.3 is 8.03 Å². The van der Waals surface area contributed by atoms with Crippen molar-refractivity contribution in [3.05, 3.63) is 35.9 Å². The maximum Gasteiger partial charge on any atom is 0.514 e. The van der Waals surface area contributed by atoms with Crippen molar-refractivity contribution in [1.29, 1.82) is 0 Å². The standard InChI is InChI=1S/C8H8O4P2/c9-13(10)6-8(14(11)12)7-4-2-1-3-5-7/h1-5H,6H2,(H-,9,10,11,12)/p+1. The molecule has 0 saturated heterocycles. The summed E-state index contributed by atoms with van der Waals surface area (Å²) < 4.78 is 10.6. The minimum atomic E-state index is -2.55. The molecule has 0 saturated carbocycles. The molecule has 14 heavy (non-hydrogen) atoms. The molecule has 0 amide bonds. The normalized spacial score (nSPS) is 13.5. The van der Waals surface area contributed by atoms with Crippen LogP contribution < -0.4 is 4.89 Å². The topological polar surface area (TPSA) is 80.6 Å². The number of hydrogen-bond acceptors (Lipinski definition) is 3. The fourth-order valence-electron chi connectivity index (χ4n) is 1.02. The molecule has 0 fully saturated rings. The maximum atomic E-state index is 10.9. The summed E-state index contributed by atoms with van der Waals surface area (Å²) in [7, 11) is -4.98. The second-order valence-corrected chi connectivity index (χ2v) is 4.70. The minimum absolute atomic E-state index is 0.115. The molecule has 1 rings (SSSR count). The van der Waals surface area contributed by atoms with Crippen molar-refractivity contribution in [1.82, 2.24) is 0 Å². The zero-order valence-electron chi connectivity index (χ0n) is 7.20. The third kappa shape index (κ3) is 3.26. The van der Waals surface area contributed by atoms with Gasteiger partial charge < -0.3 is 4.89 Å². The first-order valence-electron chi connectivity index (χ1n) is 3.82. The Morgan fingerprint density at radius 3 is 2.29 bits per heavy atom. The van der Waals surface area contributed by atoms with Crippen molar-refractivity contribution in [3.8, 4) is 0 Å². The van der Waals surface area contributed by atoms with Gasteiger partial charge in [0.2, 0.25) is 19.5 Å². The second-order valence-electron chi connectivity index (χ2n) is 2.60. The summed E-state index contributed by atoms with van der Waals surface area (Å²) in [6.07, 6.45) is -0.259. The van der Waals surface area contributed by atoms with E-state index in [0.29, 0.717) is 5.56 Å². The highest BCUT2D eigenvalue weighted by Gasteiger charge is 2.23. The molecular weight excluding hydrogens is 222 g/mol. The second kappa shape index (κ2) is 5.30. The van der Waals surface area contributed by atoms with E-state index in [4.69, 9.17) is 9.79 Å². The van der Waals surface area contributed by atoms with Crippen molar-refractivity contribution >= 4 is 21.3 Å². The molecule has 0 aliphatic heterocycles. The van der Waals surface area contributed by atoms with Crippen molar-refractivity contribution in [3.63, 3.8) is 0 Å². The molecule has 0 bridgehead atoms. The van der Waals surface area contributed by atoms with Crippen LogP contribution in [-0.2, 0) is 4.57 Å². The van der Waals surface area contributed by atoms with Crippen LogP contribution in [0.2, 0.25) is 0 Å². The van der Waals surface area contributed by atoms with Crippen LogP contribution in [0.4, 0.5) is 0 Å². The zero-order valence-corrected chi connectivity index (χ0v) is 8.99. The average Bonchev–Trinajstić information content (AvgIpc) is 2.15. The Morgan fingerprint density at radius 2 is 1.86 bits per heavy atom. The maximum absolute atomic E-state index is 10.9. The Morgan fingerprint density at radius 1 is 1.29 bits per heavy atom. The highest BCUT2D eigenvalue weighted by molar-refractivity contribution is 7.50. The van der Waals surface area contributed by atoms with Gasteiger partial charge in [-0.1, -0.05) is 30.3 Å². The van der Waals surface area contributed by atoms with Crippen molar-refractivity contribution < 1.29 is 19.2 Å². The Balaban J connectivity index is 3.03. The largest absolute Gasteiger partial charge is 0.603 e. The summed E-state index contributed by atoms with van der Waals surface area (Å²) in [6.45, 7) is 0. The van der Waals surface area contributed by atoms with E-state index in [1.54, 1.807) is 30.3 Å². The molecule has 0 aromatic heterocycles.